The van der Waals surface area contributed by atoms with Gasteiger partial charge in [0.05, 0.1) is 16.7 Å². The van der Waals surface area contributed by atoms with E-state index < -0.39 is 0 Å². The minimum Gasteiger partial charge on any atom is -0.291 e. The van der Waals surface area contributed by atoms with Crippen LogP contribution in [0.25, 0.3) is 92.1 Å². The molecule has 0 aliphatic carbocycles. The Hall–Kier alpha value is -6.03. The normalized spacial score (nSPS) is 11.9. The number of fused-ring (bicyclic) bond motifs is 8. The van der Waals surface area contributed by atoms with Crippen molar-refractivity contribution < 1.29 is 0 Å². The van der Waals surface area contributed by atoms with E-state index >= 15 is 0 Å². The second-order valence-electron chi connectivity index (χ2n) is 13.7. The van der Waals surface area contributed by atoms with Crippen molar-refractivity contribution in [2.24, 2.45) is 0 Å². The van der Waals surface area contributed by atoms with Crippen molar-refractivity contribution in [1.29, 1.82) is 0 Å². The fourth-order valence-corrected chi connectivity index (χ4v) is 9.27. The Kier molecular flexibility index (Phi) is 6.90. The minimum atomic E-state index is 0.265. The van der Waals surface area contributed by atoms with E-state index in [-0.39, 0.29) is 5.92 Å². The largest absolute Gasteiger partial charge is 0.291 e. The number of imidazole rings is 1. The standard InChI is InChI=1S/C48H34N2S/c1-30(2)41-28-34(31-14-5-3-6-15-31)29-42(32-16-7-4-8-17-32)45(41)50-44-23-12-11-22-43(44)49-48(50)40-21-13-20-37-39-27-26-36-35-19-10-9-18-33(35)24-25-38(36)46(39)51-47(37)40/h3-30H,1-2H3. The van der Waals surface area contributed by atoms with Crippen LogP contribution in [-0.2, 0) is 0 Å². The van der Waals surface area contributed by atoms with Gasteiger partial charge in [-0.2, -0.15) is 0 Å². The third kappa shape index (κ3) is 4.73. The second-order valence-corrected chi connectivity index (χ2v) is 14.7. The lowest BCUT2D eigenvalue weighted by atomic mass is 9.89. The summed E-state index contributed by atoms with van der Waals surface area (Å²) in [6, 6.07) is 59.6. The van der Waals surface area contributed by atoms with Crippen LogP contribution in [0.5, 0.6) is 0 Å². The van der Waals surface area contributed by atoms with Crippen molar-refractivity contribution in [2.45, 2.75) is 19.8 Å². The summed E-state index contributed by atoms with van der Waals surface area (Å²) in [4.78, 5) is 5.47. The molecule has 0 atom stereocenters. The maximum absolute atomic E-state index is 5.47. The highest BCUT2D eigenvalue weighted by atomic mass is 32.1. The maximum Gasteiger partial charge on any atom is 0.147 e. The Bertz CT molecular complexity index is 2930. The predicted molar refractivity (Wildman–Crippen MR) is 219 cm³/mol. The zero-order chi connectivity index (χ0) is 34.1. The first-order chi connectivity index (χ1) is 25.1. The predicted octanol–water partition coefficient (Wildman–Crippen LogP) is 13.8. The van der Waals surface area contributed by atoms with Gasteiger partial charge in [0.15, 0.2) is 0 Å². The summed E-state index contributed by atoms with van der Waals surface area (Å²) in [5.41, 5.74) is 10.6. The van der Waals surface area contributed by atoms with Crippen LogP contribution in [0.15, 0.2) is 164 Å². The smallest absolute Gasteiger partial charge is 0.147 e. The molecule has 8 aromatic carbocycles. The van der Waals surface area contributed by atoms with Crippen molar-refractivity contribution in [1.82, 2.24) is 9.55 Å². The lowest BCUT2D eigenvalue weighted by Gasteiger charge is -2.23. The zero-order valence-corrected chi connectivity index (χ0v) is 29.3. The fourth-order valence-electron chi connectivity index (χ4n) is 7.93. The first-order valence-corrected chi connectivity index (χ1v) is 18.5. The van der Waals surface area contributed by atoms with E-state index in [4.69, 9.17) is 4.98 Å². The summed E-state index contributed by atoms with van der Waals surface area (Å²) in [6.07, 6.45) is 0. The Morgan fingerprint density at radius 3 is 1.96 bits per heavy atom. The average Bonchev–Trinajstić information content (AvgIpc) is 3.77. The molecule has 2 nitrogen and oxygen atoms in total. The topological polar surface area (TPSA) is 17.8 Å². The molecule has 0 aliphatic rings. The minimum absolute atomic E-state index is 0.265. The molecule has 0 aliphatic heterocycles. The molecule has 51 heavy (non-hydrogen) atoms. The molecule has 0 saturated carbocycles. The fraction of sp³-hybridized carbons (Fsp3) is 0.0625. The molecule has 2 aromatic heterocycles. The first kappa shape index (κ1) is 29.8. The highest BCUT2D eigenvalue weighted by molar-refractivity contribution is 7.27. The van der Waals surface area contributed by atoms with Crippen LogP contribution in [0.2, 0.25) is 0 Å². The number of rotatable bonds is 5. The number of benzene rings is 8. The second kappa shape index (κ2) is 11.8. The maximum atomic E-state index is 5.47. The van der Waals surface area contributed by atoms with Crippen LogP contribution >= 0.6 is 11.3 Å². The molecule has 242 valence electrons. The van der Waals surface area contributed by atoms with Gasteiger partial charge >= 0.3 is 0 Å². The van der Waals surface area contributed by atoms with Crippen molar-refractivity contribution in [3.05, 3.63) is 169 Å². The van der Waals surface area contributed by atoms with Gasteiger partial charge < -0.3 is 0 Å². The van der Waals surface area contributed by atoms with Gasteiger partial charge in [-0.15, -0.1) is 11.3 Å². The third-order valence-corrected chi connectivity index (χ3v) is 11.7. The molecule has 0 unspecified atom stereocenters. The summed E-state index contributed by atoms with van der Waals surface area (Å²) in [7, 11) is 0. The van der Waals surface area contributed by atoms with Gasteiger partial charge in [0.1, 0.15) is 5.82 Å². The van der Waals surface area contributed by atoms with E-state index in [1.54, 1.807) is 0 Å². The SMILES string of the molecule is CC(C)c1cc(-c2ccccc2)cc(-c2ccccc2)c1-n1c(-c2cccc3c2sc2c3ccc3c4ccccc4ccc32)nc2ccccc21. The summed E-state index contributed by atoms with van der Waals surface area (Å²) in [5.74, 6) is 1.23. The quantitative estimate of drug-likeness (QED) is 0.167. The van der Waals surface area contributed by atoms with Crippen molar-refractivity contribution in [3.8, 4) is 39.3 Å². The van der Waals surface area contributed by atoms with Crippen LogP contribution in [0.3, 0.4) is 0 Å². The molecule has 2 heterocycles. The Morgan fingerprint density at radius 2 is 1.14 bits per heavy atom. The highest BCUT2D eigenvalue weighted by Crippen LogP contribution is 2.46. The van der Waals surface area contributed by atoms with Crippen LogP contribution in [0.1, 0.15) is 25.3 Å². The molecule has 0 radical (unpaired) electrons. The number of aromatic nitrogens is 2. The van der Waals surface area contributed by atoms with Crippen molar-refractivity contribution in [2.75, 3.05) is 0 Å². The van der Waals surface area contributed by atoms with Gasteiger partial charge in [-0.3, -0.25) is 4.57 Å². The van der Waals surface area contributed by atoms with E-state index in [0.29, 0.717) is 0 Å². The molecule has 10 aromatic rings. The Balaban J connectivity index is 1.30. The molecule has 0 saturated heterocycles. The molecule has 3 heteroatoms. The molecule has 0 amide bonds. The Morgan fingerprint density at radius 1 is 0.490 bits per heavy atom. The van der Waals surface area contributed by atoms with Crippen molar-refractivity contribution in [3.63, 3.8) is 0 Å². The first-order valence-electron chi connectivity index (χ1n) is 17.7. The van der Waals surface area contributed by atoms with E-state index in [1.165, 1.54) is 75.2 Å². The average molecular weight is 671 g/mol. The van der Waals surface area contributed by atoms with Gasteiger partial charge in [0, 0.05) is 36.7 Å². The van der Waals surface area contributed by atoms with E-state index in [9.17, 15) is 0 Å². The summed E-state index contributed by atoms with van der Waals surface area (Å²) < 4.78 is 5.04. The number of hydrogen-bond acceptors (Lipinski definition) is 2. The molecule has 10 rings (SSSR count). The van der Waals surface area contributed by atoms with Gasteiger partial charge in [-0.1, -0.05) is 147 Å². The van der Waals surface area contributed by atoms with Gasteiger partial charge in [0.25, 0.3) is 0 Å². The Labute approximate surface area is 300 Å². The summed E-state index contributed by atoms with van der Waals surface area (Å²) in [5, 5.41) is 7.74. The van der Waals surface area contributed by atoms with Gasteiger partial charge in [0.2, 0.25) is 0 Å². The van der Waals surface area contributed by atoms with E-state index in [2.05, 4.69) is 182 Å². The molecule has 0 spiro atoms. The number of thiophene rings is 1. The van der Waals surface area contributed by atoms with Crippen LogP contribution in [0, 0.1) is 0 Å². The van der Waals surface area contributed by atoms with Crippen molar-refractivity contribution >= 4 is 64.1 Å². The lowest BCUT2D eigenvalue weighted by molar-refractivity contribution is 0.852. The number of nitrogens with zero attached hydrogens (tertiary/aromatic N) is 2. The van der Waals surface area contributed by atoms with Crippen LogP contribution in [-0.4, -0.2) is 9.55 Å². The molecular weight excluding hydrogens is 637 g/mol. The molecule has 0 fully saturated rings. The highest BCUT2D eigenvalue weighted by Gasteiger charge is 2.25. The van der Waals surface area contributed by atoms with Gasteiger partial charge in [-0.25, -0.2) is 4.98 Å². The molecule has 0 bridgehead atoms. The van der Waals surface area contributed by atoms with E-state index in [0.717, 1.165) is 22.4 Å². The monoisotopic (exact) mass is 670 g/mol. The van der Waals surface area contributed by atoms with Gasteiger partial charge in [-0.05, 0) is 74.7 Å². The third-order valence-electron chi connectivity index (χ3n) is 10.4. The van der Waals surface area contributed by atoms with E-state index in [1.807, 2.05) is 11.3 Å². The number of hydrogen-bond donors (Lipinski definition) is 0. The van der Waals surface area contributed by atoms with Crippen LogP contribution in [0.4, 0.5) is 0 Å². The molecule has 0 N–H and O–H groups in total. The van der Waals surface area contributed by atoms with Crippen LogP contribution < -0.4 is 0 Å². The summed E-state index contributed by atoms with van der Waals surface area (Å²) >= 11 is 1.89. The lowest BCUT2D eigenvalue weighted by Crippen LogP contribution is -2.07. The summed E-state index contributed by atoms with van der Waals surface area (Å²) in [6.45, 7) is 4.62. The zero-order valence-electron chi connectivity index (χ0n) is 28.5. The number of para-hydroxylation sites is 2. The molecular formula is C48H34N2S.